The summed E-state index contributed by atoms with van der Waals surface area (Å²) in [5.74, 6) is -0.445. The molecule has 27 heavy (non-hydrogen) atoms. The topological polar surface area (TPSA) is 116 Å². The lowest BCUT2D eigenvalue weighted by molar-refractivity contribution is -0.121. The van der Waals surface area contributed by atoms with Crippen molar-refractivity contribution in [3.63, 3.8) is 0 Å². The number of carbonyl (C=O) groups excluding carboxylic acids is 2. The first kappa shape index (κ1) is 20.3. The van der Waals surface area contributed by atoms with E-state index in [1.807, 2.05) is 6.07 Å². The van der Waals surface area contributed by atoms with E-state index < -0.39 is 10.0 Å². The zero-order chi connectivity index (χ0) is 19.9. The van der Waals surface area contributed by atoms with E-state index in [-0.39, 0.29) is 29.6 Å². The standard InChI is InChI=1S/C19H19N3O4S/c1-14(23)17-6-8-18(9-7-17)27(25,26)22-11-10-19(24)21-13-16-4-2-15(12-20)3-5-16/h2-9,22H,10-11,13H2,1H3,(H,21,24). The van der Waals surface area contributed by atoms with E-state index in [9.17, 15) is 18.0 Å². The number of nitriles is 1. The molecule has 0 saturated heterocycles. The molecule has 0 aliphatic rings. The average Bonchev–Trinajstić information content (AvgIpc) is 2.66. The molecule has 2 aromatic rings. The molecule has 0 spiro atoms. The Kier molecular flexibility index (Phi) is 6.82. The number of ketones is 1. The molecule has 2 N–H and O–H groups in total. The minimum absolute atomic E-state index is 0.0129. The van der Waals surface area contributed by atoms with Gasteiger partial charge in [0.25, 0.3) is 0 Å². The minimum Gasteiger partial charge on any atom is -0.352 e. The van der Waals surface area contributed by atoms with Crippen LogP contribution < -0.4 is 10.0 Å². The number of hydrogen-bond acceptors (Lipinski definition) is 5. The van der Waals surface area contributed by atoms with Gasteiger partial charge >= 0.3 is 0 Å². The second-order valence-corrected chi connectivity index (χ2v) is 7.58. The number of nitrogens with zero attached hydrogens (tertiary/aromatic N) is 1. The van der Waals surface area contributed by atoms with Crippen molar-refractivity contribution in [2.75, 3.05) is 6.54 Å². The Morgan fingerprint density at radius 3 is 2.22 bits per heavy atom. The van der Waals surface area contributed by atoms with Crippen molar-refractivity contribution in [3.05, 3.63) is 65.2 Å². The van der Waals surface area contributed by atoms with Gasteiger partial charge in [0, 0.05) is 25.1 Å². The van der Waals surface area contributed by atoms with Gasteiger partial charge in [0.2, 0.25) is 15.9 Å². The second kappa shape index (κ2) is 9.07. The first-order valence-electron chi connectivity index (χ1n) is 8.18. The molecule has 0 radical (unpaired) electrons. The maximum Gasteiger partial charge on any atom is 0.240 e. The molecule has 0 unspecified atom stereocenters. The molecule has 0 bridgehead atoms. The van der Waals surface area contributed by atoms with Gasteiger partial charge in [0.1, 0.15) is 0 Å². The lowest BCUT2D eigenvalue weighted by Crippen LogP contribution is -2.30. The van der Waals surface area contributed by atoms with E-state index in [1.165, 1.54) is 31.2 Å². The summed E-state index contributed by atoms with van der Waals surface area (Å²) in [6, 6.07) is 14.4. The Balaban J connectivity index is 1.80. The van der Waals surface area contributed by atoms with Crippen molar-refractivity contribution in [2.45, 2.75) is 24.8 Å². The summed E-state index contributed by atoms with van der Waals surface area (Å²) in [5.41, 5.74) is 1.81. The summed E-state index contributed by atoms with van der Waals surface area (Å²) >= 11 is 0. The van der Waals surface area contributed by atoms with Crippen LogP contribution >= 0.6 is 0 Å². The van der Waals surface area contributed by atoms with Crippen molar-refractivity contribution in [1.29, 1.82) is 5.26 Å². The summed E-state index contributed by atoms with van der Waals surface area (Å²) < 4.78 is 26.7. The lowest BCUT2D eigenvalue weighted by atomic mass is 10.1. The van der Waals surface area contributed by atoms with Crippen molar-refractivity contribution < 1.29 is 18.0 Å². The maximum atomic E-state index is 12.2. The summed E-state index contributed by atoms with van der Waals surface area (Å²) in [7, 11) is -3.75. The fourth-order valence-corrected chi connectivity index (χ4v) is 3.27. The van der Waals surface area contributed by atoms with Crippen LogP contribution in [0.2, 0.25) is 0 Å². The van der Waals surface area contributed by atoms with Gasteiger partial charge in [-0.1, -0.05) is 24.3 Å². The highest BCUT2D eigenvalue weighted by Gasteiger charge is 2.14. The Morgan fingerprint density at radius 1 is 1.04 bits per heavy atom. The van der Waals surface area contributed by atoms with Crippen molar-refractivity contribution in [3.8, 4) is 6.07 Å². The third-order valence-corrected chi connectivity index (χ3v) is 5.26. The summed E-state index contributed by atoms with van der Waals surface area (Å²) in [5, 5.41) is 11.4. The molecule has 0 aromatic heterocycles. The fraction of sp³-hybridized carbons (Fsp3) is 0.211. The molecular weight excluding hydrogens is 366 g/mol. The predicted octanol–water partition coefficient (Wildman–Crippen LogP) is 1.75. The van der Waals surface area contributed by atoms with Crippen molar-refractivity contribution in [1.82, 2.24) is 10.0 Å². The molecule has 0 aliphatic heterocycles. The molecule has 0 atom stereocenters. The number of hydrogen-bond donors (Lipinski definition) is 2. The highest BCUT2D eigenvalue weighted by Crippen LogP contribution is 2.11. The number of carbonyl (C=O) groups is 2. The fourth-order valence-electron chi connectivity index (χ4n) is 2.24. The van der Waals surface area contributed by atoms with E-state index in [1.54, 1.807) is 24.3 Å². The summed E-state index contributed by atoms with van der Waals surface area (Å²) in [6.07, 6.45) is -0.0129. The van der Waals surface area contributed by atoms with Crippen LogP contribution in [0.5, 0.6) is 0 Å². The van der Waals surface area contributed by atoms with E-state index in [0.29, 0.717) is 17.7 Å². The normalized spacial score (nSPS) is 10.8. The third-order valence-electron chi connectivity index (χ3n) is 3.79. The van der Waals surface area contributed by atoms with Crippen LogP contribution in [0.3, 0.4) is 0 Å². The first-order chi connectivity index (χ1) is 12.8. The molecule has 7 nitrogen and oxygen atoms in total. The highest BCUT2D eigenvalue weighted by molar-refractivity contribution is 7.89. The van der Waals surface area contributed by atoms with E-state index >= 15 is 0 Å². The molecule has 140 valence electrons. The molecule has 0 fully saturated rings. The predicted molar refractivity (Wildman–Crippen MR) is 99.3 cm³/mol. The number of Topliss-reactive ketones (excluding diaryl/α,β-unsaturated/α-hetero) is 1. The van der Waals surface area contributed by atoms with E-state index in [2.05, 4.69) is 10.0 Å². The van der Waals surface area contributed by atoms with Crippen LogP contribution in [0.15, 0.2) is 53.4 Å². The molecule has 0 aliphatic carbocycles. The van der Waals surface area contributed by atoms with E-state index in [4.69, 9.17) is 5.26 Å². The minimum atomic E-state index is -3.75. The molecule has 0 heterocycles. The number of benzene rings is 2. The van der Waals surface area contributed by atoms with Gasteiger partial charge in [-0.25, -0.2) is 13.1 Å². The summed E-state index contributed by atoms with van der Waals surface area (Å²) in [6.45, 7) is 1.65. The van der Waals surface area contributed by atoms with Gasteiger partial charge < -0.3 is 5.32 Å². The van der Waals surface area contributed by atoms with Crippen LogP contribution in [-0.2, 0) is 21.4 Å². The van der Waals surface area contributed by atoms with Crippen LogP contribution in [0, 0.1) is 11.3 Å². The monoisotopic (exact) mass is 385 g/mol. The van der Waals surface area contributed by atoms with Gasteiger partial charge in [-0.2, -0.15) is 5.26 Å². The average molecular weight is 385 g/mol. The molecule has 0 saturated carbocycles. The quantitative estimate of drug-likeness (QED) is 0.672. The zero-order valence-electron chi connectivity index (χ0n) is 14.7. The first-order valence-corrected chi connectivity index (χ1v) is 9.66. The molecule has 2 aromatic carbocycles. The smallest absolute Gasteiger partial charge is 0.240 e. The Bertz CT molecular complexity index is 960. The largest absolute Gasteiger partial charge is 0.352 e. The summed E-state index contributed by atoms with van der Waals surface area (Å²) in [4.78, 5) is 23.1. The van der Waals surface area contributed by atoms with Crippen molar-refractivity contribution in [2.24, 2.45) is 0 Å². The van der Waals surface area contributed by atoms with Gasteiger partial charge in [-0.05, 0) is 36.8 Å². The van der Waals surface area contributed by atoms with E-state index in [0.717, 1.165) is 5.56 Å². The molecule has 8 heteroatoms. The molecule has 2 rings (SSSR count). The Hall–Kier alpha value is -3.02. The van der Waals surface area contributed by atoms with Gasteiger partial charge in [-0.3, -0.25) is 9.59 Å². The zero-order valence-corrected chi connectivity index (χ0v) is 15.5. The molecule has 1 amide bonds. The number of sulfonamides is 1. The number of nitrogens with one attached hydrogen (secondary N) is 2. The van der Waals surface area contributed by atoms with Crippen LogP contribution in [0.4, 0.5) is 0 Å². The second-order valence-electron chi connectivity index (χ2n) is 5.81. The third kappa shape index (κ3) is 6.02. The SMILES string of the molecule is CC(=O)c1ccc(S(=O)(=O)NCCC(=O)NCc2ccc(C#N)cc2)cc1. The maximum absolute atomic E-state index is 12.2. The van der Waals surface area contributed by atoms with Gasteiger partial charge in [0.05, 0.1) is 16.5 Å². The lowest BCUT2D eigenvalue weighted by Gasteiger charge is -2.08. The van der Waals surface area contributed by atoms with Crippen LogP contribution in [-0.4, -0.2) is 26.7 Å². The van der Waals surface area contributed by atoms with Crippen molar-refractivity contribution >= 4 is 21.7 Å². The van der Waals surface area contributed by atoms with Gasteiger partial charge in [-0.15, -0.1) is 0 Å². The van der Waals surface area contributed by atoms with Crippen LogP contribution in [0.25, 0.3) is 0 Å². The van der Waals surface area contributed by atoms with Gasteiger partial charge in [0.15, 0.2) is 5.78 Å². The Morgan fingerprint density at radius 2 is 1.67 bits per heavy atom. The number of rotatable bonds is 8. The molecular formula is C19H19N3O4S. The van der Waals surface area contributed by atoms with Crippen LogP contribution in [0.1, 0.15) is 34.8 Å². The highest BCUT2D eigenvalue weighted by atomic mass is 32.2. The number of amides is 1. The Labute approximate surface area is 158 Å².